The van der Waals surface area contributed by atoms with Gasteiger partial charge in [0.2, 0.25) is 0 Å². The van der Waals surface area contributed by atoms with Gasteiger partial charge in [0.15, 0.2) is 17.7 Å². The van der Waals surface area contributed by atoms with E-state index in [4.69, 9.17) is 16.2 Å². The average Bonchev–Trinajstić information content (AvgIpc) is 3.17. The van der Waals surface area contributed by atoms with E-state index in [1.54, 1.807) is 4.57 Å². The Hall–Kier alpha value is -1.79. The second kappa shape index (κ2) is 8.07. The van der Waals surface area contributed by atoms with Crippen LogP contribution in [0.1, 0.15) is 19.6 Å². The standard InChI is InChI=1S/C16H25N6O4S/c1-8(23)9(17)3-4-27(2)5-10-12(24)13(25)16(26-10)22-7-21-11-14(18)19-6-20-15(11)22/h6-7,9-10,12-13,16,24-25H,3-5,17H2,1-2H3,(H2,18,19,20)/q+1/t9-,10+,12+,13+,16+,27?/m0/s1. The molecule has 148 valence electrons. The normalized spacial score (nSPS) is 27.7. The summed E-state index contributed by atoms with van der Waals surface area (Å²) in [4.78, 5) is 23.5. The summed E-state index contributed by atoms with van der Waals surface area (Å²) < 4.78 is 7.49. The van der Waals surface area contributed by atoms with Crippen molar-refractivity contribution in [2.75, 3.05) is 23.5 Å². The smallest absolute Gasteiger partial charge is 0.167 e. The highest BCUT2D eigenvalue weighted by atomic mass is 32.2. The third-order valence-electron chi connectivity index (χ3n) is 4.75. The first-order chi connectivity index (χ1) is 12.8. The first-order valence-corrected chi connectivity index (χ1v) is 10.6. The first kappa shape index (κ1) is 20.0. The summed E-state index contributed by atoms with van der Waals surface area (Å²) in [5, 5.41) is 20.9. The summed E-state index contributed by atoms with van der Waals surface area (Å²) in [6.45, 7) is 1.48. The molecule has 1 saturated heterocycles. The van der Waals surface area contributed by atoms with Crippen LogP contribution in [0.4, 0.5) is 5.82 Å². The Labute approximate surface area is 159 Å². The number of imidazole rings is 1. The molecule has 0 bridgehead atoms. The number of hydrogen-bond acceptors (Lipinski definition) is 9. The minimum atomic E-state index is -1.12. The van der Waals surface area contributed by atoms with Crippen LogP contribution in [0.15, 0.2) is 12.7 Å². The zero-order chi connectivity index (χ0) is 19.7. The van der Waals surface area contributed by atoms with Gasteiger partial charge in [0, 0.05) is 6.42 Å². The molecule has 0 amide bonds. The lowest BCUT2D eigenvalue weighted by atomic mass is 10.1. The van der Waals surface area contributed by atoms with Gasteiger partial charge < -0.3 is 26.4 Å². The number of nitrogens with two attached hydrogens (primary N) is 2. The molecule has 10 nitrogen and oxygen atoms in total. The molecule has 0 aliphatic carbocycles. The second-order valence-corrected chi connectivity index (χ2v) is 9.09. The van der Waals surface area contributed by atoms with Crippen molar-refractivity contribution in [2.24, 2.45) is 5.73 Å². The third kappa shape index (κ3) is 4.06. The molecular formula is C16H25N6O4S+. The van der Waals surface area contributed by atoms with Crippen LogP contribution in [0.2, 0.25) is 0 Å². The van der Waals surface area contributed by atoms with Crippen molar-refractivity contribution in [1.82, 2.24) is 19.5 Å². The maximum atomic E-state index is 11.3. The van der Waals surface area contributed by atoms with Crippen molar-refractivity contribution < 1.29 is 19.7 Å². The Kier molecular flexibility index (Phi) is 5.96. The number of ketones is 1. The van der Waals surface area contributed by atoms with Crippen molar-refractivity contribution >= 4 is 33.7 Å². The minimum absolute atomic E-state index is 0.0344. The third-order valence-corrected chi connectivity index (χ3v) is 6.58. The van der Waals surface area contributed by atoms with E-state index in [0.29, 0.717) is 23.3 Å². The Balaban J connectivity index is 1.68. The lowest BCUT2D eigenvalue weighted by molar-refractivity contribution is -0.118. The number of rotatable bonds is 7. The topological polar surface area (TPSA) is 162 Å². The van der Waals surface area contributed by atoms with Gasteiger partial charge >= 0.3 is 0 Å². The molecule has 0 saturated carbocycles. The van der Waals surface area contributed by atoms with Gasteiger partial charge in [0.1, 0.15) is 47.4 Å². The molecule has 0 aromatic carbocycles. The van der Waals surface area contributed by atoms with Gasteiger partial charge in [-0.2, -0.15) is 0 Å². The Morgan fingerprint density at radius 1 is 1.37 bits per heavy atom. The molecule has 27 heavy (non-hydrogen) atoms. The summed E-state index contributed by atoms with van der Waals surface area (Å²) in [7, 11) is -0.124. The molecule has 6 N–H and O–H groups in total. The minimum Gasteiger partial charge on any atom is -0.387 e. The number of hydrogen-bond donors (Lipinski definition) is 4. The van der Waals surface area contributed by atoms with Crippen LogP contribution in [0.5, 0.6) is 0 Å². The molecule has 1 aliphatic rings. The maximum Gasteiger partial charge on any atom is 0.167 e. The molecule has 2 aromatic heterocycles. The highest BCUT2D eigenvalue weighted by molar-refractivity contribution is 7.96. The van der Waals surface area contributed by atoms with Gasteiger partial charge in [0.05, 0.1) is 18.6 Å². The van der Waals surface area contributed by atoms with E-state index in [2.05, 4.69) is 15.0 Å². The molecule has 0 spiro atoms. The summed E-state index contributed by atoms with van der Waals surface area (Å²) in [6.07, 6.45) is 1.88. The van der Waals surface area contributed by atoms with E-state index in [0.717, 1.165) is 5.75 Å². The van der Waals surface area contributed by atoms with Crippen molar-refractivity contribution in [1.29, 1.82) is 0 Å². The molecule has 3 heterocycles. The number of aromatic nitrogens is 4. The van der Waals surface area contributed by atoms with Crippen LogP contribution < -0.4 is 11.5 Å². The quantitative estimate of drug-likeness (QED) is 0.411. The van der Waals surface area contributed by atoms with Crippen LogP contribution in [-0.4, -0.2) is 77.6 Å². The van der Waals surface area contributed by atoms with Crippen LogP contribution >= 0.6 is 0 Å². The molecule has 11 heteroatoms. The molecule has 2 aromatic rings. The highest BCUT2D eigenvalue weighted by Gasteiger charge is 2.46. The maximum absolute atomic E-state index is 11.3. The van der Waals surface area contributed by atoms with E-state index in [9.17, 15) is 15.0 Å². The van der Waals surface area contributed by atoms with Gasteiger partial charge in [-0.05, 0) is 17.8 Å². The fraction of sp³-hybridized carbons (Fsp3) is 0.625. The molecular weight excluding hydrogens is 372 g/mol. The summed E-state index contributed by atoms with van der Waals surface area (Å²) in [6, 6.07) is -0.463. The zero-order valence-corrected chi connectivity index (χ0v) is 16.0. The predicted molar refractivity (Wildman–Crippen MR) is 102 cm³/mol. The Bertz CT molecular complexity index is 817. The van der Waals surface area contributed by atoms with Gasteiger partial charge in [-0.25, -0.2) is 15.0 Å². The average molecular weight is 397 g/mol. The number of ether oxygens (including phenoxy) is 1. The Morgan fingerprint density at radius 3 is 2.81 bits per heavy atom. The number of nitrogens with zero attached hydrogens (tertiary/aromatic N) is 4. The number of aliphatic hydroxyl groups is 2. The van der Waals surface area contributed by atoms with Crippen molar-refractivity contribution in [3.05, 3.63) is 12.7 Å². The van der Waals surface area contributed by atoms with E-state index in [-0.39, 0.29) is 22.5 Å². The molecule has 0 radical (unpaired) electrons. The summed E-state index contributed by atoms with van der Waals surface area (Å²) in [5.41, 5.74) is 12.4. The number of fused-ring (bicyclic) bond motifs is 1. The van der Waals surface area contributed by atoms with Crippen LogP contribution in [0.3, 0.4) is 0 Å². The van der Waals surface area contributed by atoms with Gasteiger partial charge in [0.25, 0.3) is 0 Å². The molecule has 1 fully saturated rings. The van der Waals surface area contributed by atoms with Gasteiger partial charge in [-0.1, -0.05) is 0 Å². The van der Waals surface area contributed by atoms with Crippen LogP contribution in [-0.2, 0) is 20.4 Å². The van der Waals surface area contributed by atoms with E-state index in [1.165, 1.54) is 19.6 Å². The fourth-order valence-corrected chi connectivity index (χ4v) is 4.71. The lowest BCUT2D eigenvalue weighted by Crippen LogP contribution is -2.37. The number of anilines is 1. The van der Waals surface area contributed by atoms with Crippen molar-refractivity contribution in [3.63, 3.8) is 0 Å². The fourth-order valence-electron chi connectivity index (χ4n) is 3.05. The van der Waals surface area contributed by atoms with Gasteiger partial charge in [-0.3, -0.25) is 9.36 Å². The van der Waals surface area contributed by atoms with Crippen molar-refractivity contribution in [3.8, 4) is 0 Å². The van der Waals surface area contributed by atoms with E-state index < -0.39 is 30.6 Å². The largest absolute Gasteiger partial charge is 0.387 e. The number of nitrogen functional groups attached to an aromatic ring is 1. The predicted octanol–water partition coefficient (Wildman–Crippen LogP) is -1.42. The Morgan fingerprint density at radius 2 is 2.11 bits per heavy atom. The zero-order valence-electron chi connectivity index (χ0n) is 15.2. The highest BCUT2D eigenvalue weighted by Crippen LogP contribution is 2.32. The molecule has 1 unspecified atom stereocenters. The van der Waals surface area contributed by atoms with Gasteiger partial charge in [-0.15, -0.1) is 0 Å². The van der Waals surface area contributed by atoms with E-state index >= 15 is 0 Å². The number of carbonyl (C=O) groups excluding carboxylic acids is 1. The van der Waals surface area contributed by atoms with Crippen LogP contribution in [0, 0.1) is 0 Å². The summed E-state index contributed by atoms with van der Waals surface area (Å²) >= 11 is 0. The van der Waals surface area contributed by atoms with E-state index in [1.807, 2.05) is 6.26 Å². The SMILES string of the molecule is CC(=O)[C@@H](N)CC[S+](C)C[C@H]1O[C@@H](n2cnc3c(N)ncnc32)[C@H](O)[C@@H]1O. The number of aliphatic hydroxyl groups excluding tert-OH is 2. The monoisotopic (exact) mass is 397 g/mol. The second-order valence-electron chi connectivity index (χ2n) is 6.79. The van der Waals surface area contributed by atoms with Crippen LogP contribution in [0.25, 0.3) is 11.2 Å². The number of Topliss-reactive ketones (excluding diaryl/α,β-unsaturated/α-hetero) is 1. The first-order valence-electron chi connectivity index (χ1n) is 8.59. The summed E-state index contributed by atoms with van der Waals surface area (Å²) in [5.74, 6) is 1.52. The number of carbonyl (C=O) groups is 1. The van der Waals surface area contributed by atoms with Crippen molar-refractivity contribution in [2.45, 2.75) is 43.9 Å². The molecule has 6 atom stereocenters. The molecule has 1 aliphatic heterocycles. The lowest BCUT2D eigenvalue weighted by Gasteiger charge is -2.16. The molecule has 3 rings (SSSR count).